The number of likely N-dealkylation sites (N-methyl/N-ethyl adjacent to an activating group) is 1. The van der Waals surface area contributed by atoms with Gasteiger partial charge in [0.15, 0.2) is 10.1 Å². The van der Waals surface area contributed by atoms with Crippen molar-refractivity contribution in [3.63, 3.8) is 0 Å². The first-order chi connectivity index (χ1) is 16.7. The highest BCUT2D eigenvalue weighted by Gasteiger charge is 2.25. The van der Waals surface area contributed by atoms with Crippen LogP contribution in [0.2, 0.25) is 0 Å². The number of rotatable bonds is 8. The van der Waals surface area contributed by atoms with Crippen molar-refractivity contribution in [2.45, 2.75) is 33.8 Å². The summed E-state index contributed by atoms with van der Waals surface area (Å²) in [7, 11) is 0. The van der Waals surface area contributed by atoms with Crippen molar-refractivity contribution in [3.8, 4) is 16.3 Å². The Labute approximate surface area is 212 Å². The van der Waals surface area contributed by atoms with Crippen molar-refractivity contribution < 1.29 is 14.3 Å². The molecule has 3 heterocycles. The van der Waals surface area contributed by atoms with Gasteiger partial charge in [-0.1, -0.05) is 6.92 Å². The topological polar surface area (TPSA) is 114 Å². The Morgan fingerprint density at radius 3 is 2.60 bits per heavy atom. The number of aromatic nitrogens is 2. The Balaban J connectivity index is 1.53. The van der Waals surface area contributed by atoms with Crippen LogP contribution in [0.5, 0.6) is 5.75 Å². The lowest BCUT2D eigenvalue weighted by atomic mass is 10.1. The number of benzene rings is 1. The Morgan fingerprint density at radius 1 is 1.20 bits per heavy atom. The summed E-state index contributed by atoms with van der Waals surface area (Å²) >= 11 is 2.80. The number of hydrogen-bond acceptors (Lipinski definition) is 9. The number of anilines is 2. The first kappa shape index (κ1) is 25.1. The second-order valence-electron chi connectivity index (χ2n) is 8.56. The second-order valence-corrected chi connectivity index (χ2v) is 10.4. The Kier molecular flexibility index (Phi) is 7.68. The summed E-state index contributed by atoms with van der Waals surface area (Å²) in [6, 6.07) is 5.02. The van der Waals surface area contributed by atoms with E-state index in [1.54, 1.807) is 18.2 Å². The molecule has 3 N–H and O–H groups in total. The van der Waals surface area contributed by atoms with Gasteiger partial charge in [-0.3, -0.25) is 9.59 Å². The maximum absolute atomic E-state index is 13.0. The third-order valence-corrected chi connectivity index (χ3v) is 7.62. The molecule has 1 fully saturated rings. The highest BCUT2D eigenvalue weighted by molar-refractivity contribution is 7.18. The number of hydrogen-bond donors (Lipinski definition) is 2. The number of piperazine rings is 1. The van der Waals surface area contributed by atoms with E-state index in [1.807, 2.05) is 31.1 Å². The maximum Gasteiger partial charge on any atom is 0.282 e. The molecule has 0 spiro atoms. The van der Waals surface area contributed by atoms with Gasteiger partial charge in [-0.05, 0) is 45.5 Å². The monoisotopic (exact) mass is 514 g/mol. The van der Waals surface area contributed by atoms with E-state index in [4.69, 9.17) is 15.5 Å². The largest absolute Gasteiger partial charge is 0.489 e. The molecule has 0 saturated carbocycles. The Morgan fingerprint density at radius 2 is 1.94 bits per heavy atom. The minimum Gasteiger partial charge on any atom is -0.489 e. The number of thiazole rings is 2. The SMILES string of the molecule is CCN1CCN(C(=O)c2nc(C)c(-c3csc(Nc4cc(C(N)=O)ccc4OC(C)C)n3)s2)CC1. The molecule has 186 valence electrons. The summed E-state index contributed by atoms with van der Waals surface area (Å²) in [5, 5.41) is 6.30. The molecule has 1 saturated heterocycles. The molecule has 4 rings (SSSR count). The van der Waals surface area contributed by atoms with E-state index >= 15 is 0 Å². The van der Waals surface area contributed by atoms with Crippen LogP contribution in [-0.4, -0.2) is 70.4 Å². The number of carbonyl (C=O) groups is 2. The number of nitrogens with zero attached hydrogens (tertiary/aromatic N) is 4. The third kappa shape index (κ3) is 5.80. The standard InChI is InChI=1S/C24H30N6O3S2/c1-5-29-8-10-30(11-9-29)23(32)22-26-15(4)20(35-22)18-13-34-24(28-18)27-17-12-16(21(25)31)6-7-19(17)33-14(2)3/h6-7,12-14H,5,8-11H2,1-4H3,(H2,25,31)(H,27,28). The normalized spacial score (nSPS) is 14.4. The van der Waals surface area contributed by atoms with Gasteiger partial charge in [0.1, 0.15) is 5.75 Å². The van der Waals surface area contributed by atoms with Gasteiger partial charge in [0.05, 0.1) is 28.1 Å². The molecule has 9 nitrogen and oxygen atoms in total. The van der Waals surface area contributed by atoms with Crippen LogP contribution in [0.4, 0.5) is 10.8 Å². The first-order valence-electron chi connectivity index (χ1n) is 11.6. The number of nitrogens with one attached hydrogen (secondary N) is 1. The molecule has 0 atom stereocenters. The van der Waals surface area contributed by atoms with Crippen LogP contribution in [0.1, 0.15) is 46.6 Å². The van der Waals surface area contributed by atoms with E-state index in [0.29, 0.717) is 27.1 Å². The van der Waals surface area contributed by atoms with Gasteiger partial charge in [-0.25, -0.2) is 9.97 Å². The van der Waals surface area contributed by atoms with Gasteiger partial charge in [-0.15, -0.1) is 22.7 Å². The molecule has 1 aliphatic rings. The molecule has 2 aromatic heterocycles. The molecule has 1 aromatic carbocycles. The fourth-order valence-electron chi connectivity index (χ4n) is 3.82. The maximum atomic E-state index is 13.0. The lowest BCUT2D eigenvalue weighted by Gasteiger charge is -2.33. The lowest BCUT2D eigenvalue weighted by molar-refractivity contribution is 0.0642. The van der Waals surface area contributed by atoms with Gasteiger partial charge < -0.3 is 25.6 Å². The lowest BCUT2D eigenvalue weighted by Crippen LogP contribution is -2.48. The average Bonchev–Trinajstić information content (AvgIpc) is 3.45. The van der Waals surface area contributed by atoms with Crippen LogP contribution in [-0.2, 0) is 0 Å². The number of amides is 2. The minimum absolute atomic E-state index is 0.0209. The zero-order chi connectivity index (χ0) is 25.1. The fraction of sp³-hybridized carbons (Fsp3) is 0.417. The van der Waals surface area contributed by atoms with E-state index in [9.17, 15) is 9.59 Å². The van der Waals surface area contributed by atoms with Gasteiger partial charge in [0.25, 0.3) is 5.91 Å². The molecule has 2 amide bonds. The van der Waals surface area contributed by atoms with Crippen molar-refractivity contribution in [2.75, 3.05) is 38.0 Å². The van der Waals surface area contributed by atoms with Gasteiger partial charge in [-0.2, -0.15) is 0 Å². The van der Waals surface area contributed by atoms with Crippen LogP contribution in [0.3, 0.4) is 0 Å². The molecule has 0 bridgehead atoms. The van der Waals surface area contributed by atoms with E-state index in [-0.39, 0.29) is 12.0 Å². The molecule has 11 heteroatoms. The number of carbonyl (C=O) groups excluding carboxylic acids is 2. The summed E-state index contributed by atoms with van der Waals surface area (Å²) < 4.78 is 5.87. The smallest absolute Gasteiger partial charge is 0.282 e. The number of primary amides is 1. The van der Waals surface area contributed by atoms with Crippen molar-refractivity contribution >= 4 is 45.3 Å². The minimum atomic E-state index is -0.516. The average molecular weight is 515 g/mol. The highest BCUT2D eigenvalue weighted by Crippen LogP contribution is 2.36. The van der Waals surface area contributed by atoms with E-state index in [2.05, 4.69) is 22.1 Å². The van der Waals surface area contributed by atoms with Gasteiger partial charge >= 0.3 is 0 Å². The highest BCUT2D eigenvalue weighted by atomic mass is 32.1. The Hall–Kier alpha value is -3.02. The van der Waals surface area contributed by atoms with Crippen molar-refractivity contribution in [1.29, 1.82) is 0 Å². The fourth-order valence-corrected chi connectivity index (χ4v) is 5.60. The zero-order valence-electron chi connectivity index (χ0n) is 20.3. The molecule has 1 aliphatic heterocycles. The molecular weight excluding hydrogens is 484 g/mol. The summed E-state index contributed by atoms with van der Waals surface area (Å²) in [5.74, 6) is 0.0664. The van der Waals surface area contributed by atoms with Crippen LogP contribution in [0.15, 0.2) is 23.6 Å². The van der Waals surface area contributed by atoms with E-state index < -0.39 is 5.91 Å². The summed E-state index contributed by atoms with van der Waals surface area (Å²) in [5.41, 5.74) is 7.98. The number of nitrogens with two attached hydrogens (primary N) is 1. The molecule has 0 aliphatic carbocycles. The van der Waals surface area contributed by atoms with Crippen LogP contribution >= 0.6 is 22.7 Å². The number of ether oxygens (including phenoxy) is 1. The molecule has 0 unspecified atom stereocenters. The first-order valence-corrected chi connectivity index (χ1v) is 13.3. The molecule has 35 heavy (non-hydrogen) atoms. The van der Waals surface area contributed by atoms with Crippen molar-refractivity contribution in [3.05, 3.63) is 39.8 Å². The third-order valence-electron chi connectivity index (χ3n) is 5.69. The molecular formula is C24H30N6O3S2. The van der Waals surface area contributed by atoms with Crippen molar-refractivity contribution in [1.82, 2.24) is 19.8 Å². The van der Waals surface area contributed by atoms with Crippen LogP contribution in [0, 0.1) is 6.92 Å². The van der Waals surface area contributed by atoms with Crippen LogP contribution < -0.4 is 15.8 Å². The van der Waals surface area contributed by atoms with Crippen LogP contribution in [0.25, 0.3) is 10.6 Å². The molecule has 3 aromatic rings. The Bertz CT molecular complexity index is 1210. The van der Waals surface area contributed by atoms with E-state index in [1.165, 1.54) is 22.7 Å². The van der Waals surface area contributed by atoms with E-state index in [0.717, 1.165) is 49.0 Å². The predicted octanol–water partition coefficient (Wildman–Crippen LogP) is 3.98. The zero-order valence-corrected chi connectivity index (χ0v) is 22.0. The van der Waals surface area contributed by atoms with Gasteiger partial charge in [0.2, 0.25) is 5.91 Å². The summed E-state index contributed by atoms with van der Waals surface area (Å²) in [6.07, 6.45) is -0.0393. The summed E-state index contributed by atoms with van der Waals surface area (Å²) in [6.45, 7) is 12.1. The van der Waals surface area contributed by atoms with Crippen molar-refractivity contribution in [2.24, 2.45) is 5.73 Å². The summed E-state index contributed by atoms with van der Waals surface area (Å²) in [4.78, 5) is 39.1. The van der Waals surface area contributed by atoms with Gasteiger partial charge in [0, 0.05) is 37.1 Å². The number of aryl methyl sites for hydroxylation is 1. The molecule has 0 radical (unpaired) electrons. The predicted molar refractivity (Wildman–Crippen MR) is 140 cm³/mol. The second kappa shape index (κ2) is 10.7. The quantitative estimate of drug-likeness (QED) is 0.467.